The fourth-order valence-electron chi connectivity index (χ4n) is 0.998. The van der Waals surface area contributed by atoms with E-state index in [-0.39, 0.29) is 19.1 Å². The molecule has 0 aromatic heterocycles. The predicted octanol–water partition coefficient (Wildman–Crippen LogP) is 0.368. The molecule has 0 rings (SSSR count). The Morgan fingerprint density at radius 2 is 1.93 bits per heavy atom. The Labute approximate surface area is 90.3 Å². The van der Waals surface area contributed by atoms with Gasteiger partial charge in [0.05, 0.1) is 18.8 Å². The molecule has 0 aliphatic rings. The third kappa shape index (κ3) is 4.76. The lowest BCUT2D eigenvalue weighted by atomic mass is 9.98. The van der Waals surface area contributed by atoms with E-state index in [1.54, 1.807) is 25.2 Å². The van der Waals surface area contributed by atoms with Gasteiger partial charge in [-0.3, -0.25) is 4.79 Å². The second-order valence-corrected chi connectivity index (χ2v) is 3.32. The summed E-state index contributed by atoms with van der Waals surface area (Å²) in [4.78, 5) is 11.4. The number of aliphatic hydroxyl groups excluding tert-OH is 2. The van der Waals surface area contributed by atoms with E-state index in [0.29, 0.717) is 6.42 Å². The fourth-order valence-corrected chi connectivity index (χ4v) is 0.998. The van der Waals surface area contributed by atoms with Crippen LogP contribution in [0.1, 0.15) is 20.3 Å². The van der Waals surface area contributed by atoms with Gasteiger partial charge in [-0.2, -0.15) is 0 Å². The zero-order valence-electron chi connectivity index (χ0n) is 9.23. The van der Waals surface area contributed by atoms with Crippen LogP contribution in [0.25, 0.3) is 0 Å². The lowest BCUT2D eigenvalue weighted by Crippen LogP contribution is -2.53. The largest absolute Gasteiger partial charge is 0.394 e. The highest BCUT2D eigenvalue weighted by atomic mass is 16.3. The third-order valence-electron chi connectivity index (χ3n) is 2.22. The molecule has 0 heterocycles. The molecule has 0 bridgehead atoms. The molecule has 4 nitrogen and oxygen atoms in total. The lowest BCUT2D eigenvalue weighted by molar-refractivity contribution is -0.119. The first-order valence-corrected chi connectivity index (χ1v) is 4.97. The zero-order valence-corrected chi connectivity index (χ0v) is 9.23. The summed E-state index contributed by atoms with van der Waals surface area (Å²) in [5.74, 6) is -0.321. The van der Waals surface area contributed by atoms with Crippen molar-refractivity contribution >= 4 is 5.91 Å². The summed E-state index contributed by atoms with van der Waals surface area (Å²) >= 11 is 0. The molecular formula is C11H19NO3. The van der Waals surface area contributed by atoms with Crippen molar-refractivity contribution in [2.24, 2.45) is 0 Å². The Balaban J connectivity index is 4.35. The Kier molecular flexibility index (Phi) is 6.66. The smallest absolute Gasteiger partial charge is 0.244 e. The number of nitrogens with one attached hydrogen (secondary N) is 1. The van der Waals surface area contributed by atoms with Crippen molar-refractivity contribution in [1.82, 2.24) is 5.32 Å². The SMILES string of the molecule is CC=C/C=C/C(=O)NC(CC)(CO)CO. The minimum atomic E-state index is -0.919. The summed E-state index contributed by atoms with van der Waals surface area (Å²) in [5.41, 5.74) is -0.919. The molecule has 0 saturated carbocycles. The average molecular weight is 213 g/mol. The molecule has 1 amide bonds. The number of rotatable bonds is 6. The maximum absolute atomic E-state index is 11.4. The van der Waals surface area contributed by atoms with Gasteiger partial charge < -0.3 is 15.5 Å². The maximum atomic E-state index is 11.4. The highest BCUT2D eigenvalue weighted by molar-refractivity contribution is 5.88. The normalized spacial score (nSPS) is 12.5. The van der Waals surface area contributed by atoms with Crippen molar-refractivity contribution < 1.29 is 15.0 Å². The Bertz CT molecular complexity index is 234. The predicted molar refractivity (Wildman–Crippen MR) is 59.3 cm³/mol. The minimum Gasteiger partial charge on any atom is -0.394 e. The third-order valence-corrected chi connectivity index (χ3v) is 2.22. The highest BCUT2D eigenvalue weighted by Crippen LogP contribution is 2.07. The van der Waals surface area contributed by atoms with Crippen LogP contribution in [0.3, 0.4) is 0 Å². The number of carbonyl (C=O) groups excluding carboxylic acids is 1. The van der Waals surface area contributed by atoms with Crippen molar-refractivity contribution in [2.75, 3.05) is 13.2 Å². The van der Waals surface area contributed by atoms with Crippen LogP contribution in [-0.4, -0.2) is 34.9 Å². The summed E-state index contributed by atoms with van der Waals surface area (Å²) in [6.45, 7) is 3.09. The molecule has 0 aliphatic carbocycles. The molecular weight excluding hydrogens is 194 g/mol. The standard InChI is InChI=1S/C11H19NO3/c1-3-5-6-7-10(15)12-11(4-2,8-13)9-14/h3,5-7,13-14H,4,8-9H2,1-2H3,(H,12,15)/b5-3?,7-6+. The van der Waals surface area contributed by atoms with E-state index in [0.717, 1.165) is 0 Å². The van der Waals surface area contributed by atoms with Crippen LogP contribution in [0.15, 0.2) is 24.3 Å². The van der Waals surface area contributed by atoms with E-state index < -0.39 is 5.54 Å². The Hall–Kier alpha value is -1.13. The van der Waals surface area contributed by atoms with Crippen LogP contribution in [-0.2, 0) is 4.79 Å². The molecule has 3 N–H and O–H groups in total. The average Bonchev–Trinajstić information content (AvgIpc) is 2.26. The quantitative estimate of drug-likeness (QED) is 0.441. The minimum absolute atomic E-state index is 0.275. The first-order valence-electron chi connectivity index (χ1n) is 4.97. The van der Waals surface area contributed by atoms with E-state index in [2.05, 4.69) is 5.32 Å². The van der Waals surface area contributed by atoms with E-state index in [9.17, 15) is 4.79 Å². The van der Waals surface area contributed by atoms with Gasteiger partial charge in [0, 0.05) is 6.08 Å². The molecule has 0 saturated heterocycles. The highest BCUT2D eigenvalue weighted by Gasteiger charge is 2.27. The lowest BCUT2D eigenvalue weighted by Gasteiger charge is -2.28. The van der Waals surface area contributed by atoms with Crippen molar-refractivity contribution in [3.05, 3.63) is 24.3 Å². The Morgan fingerprint density at radius 3 is 2.33 bits per heavy atom. The summed E-state index contributed by atoms with van der Waals surface area (Å²) in [7, 11) is 0. The van der Waals surface area contributed by atoms with E-state index >= 15 is 0 Å². The molecule has 4 heteroatoms. The number of carbonyl (C=O) groups is 1. The molecule has 0 spiro atoms. The summed E-state index contributed by atoms with van der Waals surface area (Å²) < 4.78 is 0. The summed E-state index contributed by atoms with van der Waals surface area (Å²) in [6.07, 6.45) is 6.96. The monoisotopic (exact) mass is 213 g/mol. The number of amides is 1. The van der Waals surface area contributed by atoms with Gasteiger partial charge in [0.15, 0.2) is 0 Å². The summed E-state index contributed by atoms with van der Waals surface area (Å²) in [6, 6.07) is 0. The molecule has 0 aromatic carbocycles. The van der Waals surface area contributed by atoms with E-state index in [1.807, 2.05) is 6.92 Å². The number of aliphatic hydroxyl groups is 2. The van der Waals surface area contributed by atoms with Gasteiger partial charge in [-0.05, 0) is 13.3 Å². The summed E-state index contributed by atoms with van der Waals surface area (Å²) in [5, 5.41) is 20.7. The van der Waals surface area contributed by atoms with Crippen LogP contribution in [0.4, 0.5) is 0 Å². The van der Waals surface area contributed by atoms with Crippen LogP contribution < -0.4 is 5.32 Å². The second kappa shape index (κ2) is 7.20. The fraction of sp³-hybridized carbons (Fsp3) is 0.545. The first-order chi connectivity index (χ1) is 7.14. The molecule has 0 fully saturated rings. The molecule has 0 aliphatic heterocycles. The van der Waals surface area contributed by atoms with Gasteiger partial charge >= 0.3 is 0 Å². The van der Waals surface area contributed by atoms with Crippen LogP contribution in [0.5, 0.6) is 0 Å². The molecule has 0 atom stereocenters. The van der Waals surface area contributed by atoms with E-state index in [1.165, 1.54) is 6.08 Å². The van der Waals surface area contributed by atoms with Gasteiger partial charge in [0.25, 0.3) is 0 Å². The first kappa shape index (κ1) is 13.9. The van der Waals surface area contributed by atoms with Gasteiger partial charge in [-0.25, -0.2) is 0 Å². The molecule has 0 unspecified atom stereocenters. The van der Waals surface area contributed by atoms with Crippen molar-refractivity contribution in [2.45, 2.75) is 25.8 Å². The number of hydrogen-bond acceptors (Lipinski definition) is 3. The molecule has 86 valence electrons. The zero-order chi connectivity index (χ0) is 11.7. The van der Waals surface area contributed by atoms with Crippen molar-refractivity contribution in [3.63, 3.8) is 0 Å². The second-order valence-electron chi connectivity index (χ2n) is 3.32. The number of hydrogen-bond donors (Lipinski definition) is 3. The van der Waals surface area contributed by atoms with Crippen LogP contribution >= 0.6 is 0 Å². The maximum Gasteiger partial charge on any atom is 0.244 e. The van der Waals surface area contributed by atoms with Crippen molar-refractivity contribution in [3.8, 4) is 0 Å². The van der Waals surface area contributed by atoms with Gasteiger partial charge in [-0.1, -0.05) is 25.2 Å². The van der Waals surface area contributed by atoms with Gasteiger partial charge in [0.2, 0.25) is 5.91 Å². The molecule has 0 radical (unpaired) electrons. The van der Waals surface area contributed by atoms with Gasteiger partial charge in [-0.15, -0.1) is 0 Å². The van der Waals surface area contributed by atoms with E-state index in [4.69, 9.17) is 10.2 Å². The molecule has 15 heavy (non-hydrogen) atoms. The topological polar surface area (TPSA) is 69.6 Å². The van der Waals surface area contributed by atoms with Crippen molar-refractivity contribution in [1.29, 1.82) is 0 Å². The van der Waals surface area contributed by atoms with Crippen LogP contribution in [0, 0.1) is 0 Å². The van der Waals surface area contributed by atoms with Crippen LogP contribution in [0.2, 0.25) is 0 Å². The Morgan fingerprint density at radius 1 is 1.33 bits per heavy atom. The number of allylic oxidation sites excluding steroid dienone is 3. The van der Waals surface area contributed by atoms with Gasteiger partial charge in [0.1, 0.15) is 0 Å². The molecule has 0 aromatic rings.